The molecular weight excluding hydrogens is 337 g/mol. The van der Waals surface area contributed by atoms with E-state index < -0.39 is 17.3 Å². The van der Waals surface area contributed by atoms with E-state index in [9.17, 15) is 14.0 Å². The minimum absolute atomic E-state index is 0.0525. The summed E-state index contributed by atoms with van der Waals surface area (Å²) in [6.45, 7) is 0. The lowest BCUT2D eigenvalue weighted by Crippen LogP contribution is -2.33. The molecule has 4 rings (SSSR count). The number of aromatic nitrogens is 2. The first-order valence-corrected chi connectivity index (χ1v) is 7.76. The van der Waals surface area contributed by atoms with Crippen LogP contribution in [-0.2, 0) is 0 Å². The van der Waals surface area contributed by atoms with Gasteiger partial charge in [-0.1, -0.05) is 24.3 Å². The molecule has 0 spiro atoms. The number of hydrogen-bond acceptors (Lipinski definition) is 4. The zero-order valence-corrected chi connectivity index (χ0v) is 13.3. The predicted molar refractivity (Wildman–Crippen MR) is 93.8 cm³/mol. The molecule has 2 aromatic carbocycles. The molecule has 6 nitrogen and oxygen atoms in total. The highest BCUT2D eigenvalue weighted by atomic mass is 19.1. The van der Waals surface area contributed by atoms with E-state index in [1.165, 1.54) is 24.5 Å². The fourth-order valence-electron chi connectivity index (χ4n) is 2.58. The number of furan rings is 1. The summed E-state index contributed by atoms with van der Waals surface area (Å²) < 4.78 is 20.2. The second-order valence-corrected chi connectivity index (χ2v) is 5.52. The van der Waals surface area contributed by atoms with E-state index in [-0.39, 0.29) is 17.1 Å². The van der Waals surface area contributed by atoms with Gasteiger partial charge < -0.3 is 4.42 Å². The number of para-hydroxylation sites is 1. The molecule has 2 heterocycles. The van der Waals surface area contributed by atoms with Crippen molar-refractivity contribution in [1.82, 2.24) is 9.66 Å². The predicted octanol–water partition coefficient (Wildman–Crippen LogP) is 3.18. The number of nitrogens with one attached hydrogen (secondary N) is 1. The van der Waals surface area contributed by atoms with Crippen molar-refractivity contribution in [3.05, 3.63) is 88.9 Å². The molecular formula is C19H12FN3O3. The molecule has 7 heteroatoms. The number of benzene rings is 2. The van der Waals surface area contributed by atoms with E-state index in [1.54, 1.807) is 42.5 Å². The van der Waals surface area contributed by atoms with Gasteiger partial charge in [0.2, 0.25) is 0 Å². The standard InChI is InChI=1S/C19H12FN3O3/c20-14-7-3-1-5-12(14)16-9-10-17(26-16)18(24)22-23-11-21-15-8-4-2-6-13(15)19(23)25/h1-11H,(H,22,24). The fraction of sp³-hybridized carbons (Fsp3) is 0. The van der Waals surface area contributed by atoms with Gasteiger partial charge in [0.25, 0.3) is 5.56 Å². The van der Waals surface area contributed by atoms with Crippen LogP contribution in [0, 0.1) is 5.82 Å². The number of nitrogens with zero attached hydrogens (tertiary/aromatic N) is 2. The van der Waals surface area contributed by atoms with Gasteiger partial charge in [-0.05, 0) is 36.4 Å². The van der Waals surface area contributed by atoms with Crippen LogP contribution in [0.3, 0.4) is 0 Å². The van der Waals surface area contributed by atoms with Crippen LogP contribution < -0.4 is 11.0 Å². The molecule has 0 bridgehead atoms. The van der Waals surface area contributed by atoms with Crippen molar-refractivity contribution in [2.45, 2.75) is 0 Å². The van der Waals surface area contributed by atoms with Crippen molar-refractivity contribution >= 4 is 16.8 Å². The molecule has 0 aliphatic rings. The number of amides is 1. The van der Waals surface area contributed by atoms with E-state index in [4.69, 9.17) is 4.42 Å². The normalized spacial score (nSPS) is 10.8. The van der Waals surface area contributed by atoms with E-state index in [0.29, 0.717) is 10.9 Å². The van der Waals surface area contributed by atoms with E-state index in [2.05, 4.69) is 10.4 Å². The molecule has 0 unspecified atom stereocenters. The third kappa shape index (κ3) is 2.75. The average Bonchev–Trinajstić information content (AvgIpc) is 3.15. The topological polar surface area (TPSA) is 77.1 Å². The van der Waals surface area contributed by atoms with Crippen LogP contribution >= 0.6 is 0 Å². The first kappa shape index (κ1) is 15.8. The Kier molecular flexibility index (Phi) is 3.81. The smallest absolute Gasteiger partial charge is 0.305 e. The summed E-state index contributed by atoms with van der Waals surface area (Å²) in [4.78, 5) is 28.9. The van der Waals surface area contributed by atoms with Gasteiger partial charge in [-0.3, -0.25) is 15.0 Å². The van der Waals surface area contributed by atoms with Crippen LogP contribution in [0.4, 0.5) is 4.39 Å². The Bertz CT molecular complexity index is 1180. The Balaban J connectivity index is 1.63. The average molecular weight is 349 g/mol. The fourth-order valence-corrected chi connectivity index (χ4v) is 2.58. The quantitative estimate of drug-likeness (QED) is 0.616. The summed E-state index contributed by atoms with van der Waals surface area (Å²) in [7, 11) is 0. The molecule has 0 aliphatic carbocycles. The van der Waals surface area contributed by atoms with Gasteiger partial charge in [-0.15, -0.1) is 0 Å². The van der Waals surface area contributed by atoms with Gasteiger partial charge in [0.1, 0.15) is 17.9 Å². The lowest BCUT2D eigenvalue weighted by molar-refractivity contribution is 0.0981. The first-order chi connectivity index (χ1) is 12.6. The van der Waals surface area contributed by atoms with Gasteiger partial charge in [0, 0.05) is 0 Å². The number of halogens is 1. The number of fused-ring (bicyclic) bond motifs is 1. The minimum atomic E-state index is -0.647. The summed E-state index contributed by atoms with van der Waals surface area (Å²) in [6.07, 6.45) is 1.23. The molecule has 1 amide bonds. The highest BCUT2D eigenvalue weighted by Gasteiger charge is 2.15. The Morgan fingerprint density at radius 2 is 1.81 bits per heavy atom. The number of carbonyl (C=O) groups is 1. The first-order valence-electron chi connectivity index (χ1n) is 7.76. The van der Waals surface area contributed by atoms with Crippen LogP contribution in [0.25, 0.3) is 22.2 Å². The van der Waals surface area contributed by atoms with Gasteiger partial charge in [-0.25, -0.2) is 14.1 Å². The summed E-state index contributed by atoms with van der Waals surface area (Å²) in [5.74, 6) is -0.934. The largest absolute Gasteiger partial charge is 0.451 e. The molecule has 0 fully saturated rings. The van der Waals surface area contributed by atoms with Crippen molar-refractivity contribution in [3.8, 4) is 11.3 Å². The van der Waals surface area contributed by atoms with Gasteiger partial charge in [-0.2, -0.15) is 0 Å². The number of rotatable bonds is 3. The monoisotopic (exact) mass is 349 g/mol. The summed E-state index contributed by atoms with van der Waals surface area (Å²) in [5.41, 5.74) is 2.78. The van der Waals surface area contributed by atoms with Crippen molar-refractivity contribution in [1.29, 1.82) is 0 Å². The zero-order valence-electron chi connectivity index (χ0n) is 13.3. The third-order valence-corrected chi connectivity index (χ3v) is 3.86. The second kappa shape index (κ2) is 6.29. The van der Waals surface area contributed by atoms with Gasteiger partial charge in [0.15, 0.2) is 5.76 Å². The van der Waals surface area contributed by atoms with E-state index in [1.807, 2.05) is 0 Å². The van der Waals surface area contributed by atoms with Crippen LogP contribution in [0.5, 0.6) is 0 Å². The Morgan fingerprint density at radius 1 is 1.04 bits per heavy atom. The van der Waals surface area contributed by atoms with Gasteiger partial charge >= 0.3 is 5.91 Å². The summed E-state index contributed by atoms with van der Waals surface area (Å²) >= 11 is 0. The Labute approximate surface area is 146 Å². The Hall–Kier alpha value is -3.74. The van der Waals surface area contributed by atoms with Gasteiger partial charge in [0.05, 0.1) is 16.5 Å². The molecule has 26 heavy (non-hydrogen) atoms. The highest BCUT2D eigenvalue weighted by Crippen LogP contribution is 2.24. The SMILES string of the molecule is O=C(Nn1cnc2ccccc2c1=O)c1ccc(-c2ccccc2F)o1. The Morgan fingerprint density at radius 3 is 2.65 bits per heavy atom. The lowest BCUT2D eigenvalue weighted by atomic mass is 10.1. The van der Waals surface area contributed by atoms with Crippen molar-refractivity contribution in [2.24, 2.45) is 0 Å². The maximum Gasteiger partial charge on any atom is 0.305 e. The van der Waals surface area contributed by atoms with E-state index in [0.717, 1.165) is 4.68 Å². The molecule has 128 valence electrons. The molecule has 1 N–H and O–H groups in total. The van der Waals surface area contributed by atoms with Crippen LogP contribution in [0.15, 0.2) is 76.2 Å². The maximum absolute atomic E-state index is 13.8. The second-order valence-electron chi connectivity index (χ2n) is 5.52. The molecule has 0 radical (unpaired) electrons. The minimum Gasteiger partial charge on any atom is -0.451 e. The third-order valence-electron chi connectivity index (χ3n) is 3.86. The van der Waals surface area contributed by atoms with Crippen LogP contribution in [0.2, 0.25) is 0 Å². The van der Waals surface area contributed by atoms with Crippen LogP contribution in [-0.4, -0.2) is 15.6 Å². The van der Waals surface area contributed by atoms with E-state index >= 15 is 0 Å². The molecule has 0 atom stereocenters. The summed E-state index contributed by atoms with van der Waals surface area (Å²) in [6, 6.07) is 15.8. The van der Waals surface area contributed by atoms with Crippen molar-refractivity contribution in [3.63, 3.8) is 0 Å². The molecule has 4 aromatic rings. The zero-order chi connectivity index (χ0) is 18.1. The number of carbonyl (C=O) groups excluding carboxylic acids is 1. The van der Waals surface area contributed by atoms with Crippen molar-refractivity contribution < 1.29 is 13.6 Å². The molecule has 0 aliphatic heterocycles. The molecule has 0 saturated carbocycles. The lowest BCUT2D eigenvalue weighted by Gasteiger charge is -2.07. The number of hydrogen-bond donors (Lipinski definition) is 1. The maximum atomic E-state index is 13.8. The summed E-state index contributed by atoms with van der Waals surface area (Å²) in [5, 5.41) is 0.377. The molecule has 2 aromatic heterocycles. The van der Waals surface area contributed by atoms with Crippen LogP contribution in [0.1, 0.15) is 10.6 Å². The van der Waals surface area contributed by atoms with Crippen molar-refractivity contribution in [2.75, 3.05) is 5.43 Å². The molecule has 0 saturated heterocycles. The highest BCUT2D eigenvalue weighted by molar-refractivity contribution is 5.98.